The number of piperidine rings is 1. The van der Waals surface area contributed by atoms with E-state index >= 15 is 0 Å². The van der Waals surface area contributed by atoms with Gasteiger partial charge in [0.05, 0.1) is 17.9 Å². The Kier molecular flexibility index (Phi) is 7.06. The van der Waals surface area contributed by atoms with Gasteiger partial charge in [-0.25, -0.2) is 8.42 Å². The van der Waals surface area contributed by atoms with Gasteiger partial charge in [-0.15, -0.1) is 0 Å². The number of benzene rings is 2. The summed E-state index contributed by atoms with van der Waals surface area (Å²) in [6.07, 6.45) is 0.915. The maximum absolute atomic E-state index is 13.4. The van der Waals surface area contributed by atoms with Crippen LogP contribution in [0.1, 0.15) is 40.7 Å². The van der Waals surface area contributed by atoms with Crippen LogP contribution < -0.4 is 4.74 Å². The minimum absolute atomic E-state index is 0.176. The van der Waals surface area contributed by atoms with Crippen LogP contribution in [0.3, 0.4) is 0 Å². The quantitative estimate of drug-likeness (QED) is 0.627. The average molecular weight is 446 g/mol. The summed E-state index contributed by atoms with van der Waals surface area (Å²) in [4.78, 5) is 12.9. The smallest absolute Gasteiger partial charge is 0.309 e. The third-order valence-corrected chi connectivity index (χ3v) is 8.37. The molecule has 0 saturated carbocycles. The van der Waals surface area contributed by atoms with Gasteiger partial charge >= 0.3 is 5.97 Å². The van der Waals surface area contributed by atoms with Crippen molar-refractivity contribution in [3.8, 4) is 5.75 Å². The van der Waals surface area contributed by atoms with E-state index in [-0.39, 0.29) is 18.5 Å². The molecule has 0 spiro atoms. The molecule has 0 bridgehead atoms. The van der Waals surface area contributed by atoms with Crippen LogP contribution >= 0.6 is 0 Å². The van der Waals surface area contributed by atoms with Gasteiger partial charge in [-0.05, 0) is 80.5 Å². The van der Waals surface area contributed by atoms with Crippen LogP contribution in [0.5, 0.6) is 5.75 Å². The van der Waals surface area contributed by atoms with Crippen LogP contribution in [-0.4, -0.2) is 38.9 Å². The summed E-state index contributed by atoms with van der Waals surface area (Å²) in [6.45, 7) is 8.39. The molecule has 1 heterocycles. The van der Waals surface area contributed by atoms with Crippen molar-refractivity contribution < 1.29 is 22.7 Å². The predicted molar refractivity (Wildman–Crippen MR) is 120 cm³/mol. The fourth-order valence-electron chi connectivity index (χ4n) is 4.06. The second-order valence-corrected chi connectivity index (χ2v) is 10.1. The van der Waals surface area contributed by atoms with Crippen molar-refractivity contribution in [2.45, 2.75) is 52.0 Å². The molecule has 0 unspecified atom stereocenters. The van der Waals surface area contributed by atoms with Crippen LogP contribution in [0.25, 0.3) is 0 Å². The monoisotopic (exact) mass is 445 g/mol. The highest BCUT2D eigenvalue weighted by Crippen LogP contribution is 2.31. The predicted octanol–water partition coefficient (Wildman–Crippen LogP) is 4.07. The number of carbonyl (C=O) groups excluding carboxylic acids is 1. The molecule has 3 rings (SSSR count). The van der Waals surface area contributed by atoms with E-state index in [1.165, 1.54) is 4.31 Å². The first-order chi connectivity index (χ1) is 14.6. The average Bonchev–Trinajstić information content (AvgIpc) is 2.76. The summed E-state index contributed by atoms with van der Waals surface area (Å²) in [5.41, 5.74) is 4.38. The Morgan fingerprint density at radius 1 is 1.03 bits per heavy atom. The van der Waals surface area contributed by atoms with E-state index in [0.717, 1.165) is 27.8 Å². The normalized spacial score (nSPS) is 15.6. The number of hydrogen-bond acceptors (Lipinski definition) is 5. The van der Waals surface area contributed by atoms with Gasteiger partial charge in [0, 0.05) is 13.1 Å². The number of ether oxygens (including phenoxy) is 2. The van der Waals surface area contributed by atoms with E-state index in [9.17, 15) is 13.2 Å². The lowest BCUT2D eigenvalue weighted by molar-refractivity contribution is -0.151. The lowest BCUT2D eigenvalue weighted by Gasteiger charge is -2.31. The fraction of sp³-hybridized carbons (Fsp3) is 0.458. The highest BCUT2D eigenvalue weighted by molar-refractivity contribution is 7.89. The van der Waals surface area contributed by atoms with Crippen molar-refractivity contribution in [1.82, 2.24) is 4.31 Å². The fourth-order valence-corrected chi connectivity index (χ4v) is 6.11. The lowest BCUT2D eigenvalue weighted by Crippen LogP contribution is -2.41. The topological polar surface area (TPSA) is 72.9 Å². The van der Waals surface area contributed by atoms with E-state index in [0.29, 0.717) is 36.6 Å². The molecule has 7 heteroatoms. The number of aryl methyl sites for hydroxylation is 2. The third-order valence-electron chi connectivity index (χ3n) is 6.20. The first-order valence-electron chi connectivity index (χ1n) is 10.5. The molecule has 168 valence electrons. The molecule has 0 aliphatic carbocycles. The molecule has 1 aliphatic rings. The molecule has 1 aliphatic heterocycles. The molecule has 0 aromatic heterocycles. The molecular weight excluding hydrogens is 414 g/mol. The number of esters is 1. The molecule has 0 atom stereocenters. The zero-order valence-electron chi connectivity index (χ0n) is 18.9. The van der Waals surface area contributed by atoms with E-state index in [1.54, 1.807) is 7.11 Å². The highest BCUT2D eigenvalue weighted by atomic mass is 32.2. The maximum atomic E-state index is 13.4. The van der Waals surface area contributed by atoms with Crippen molar-refractivity contribution in [2.75, 3.05) is 20.2 Å². The number of methoxy groups -OCH3 is 1. The van der Waals surface area contributed by atoms with Crippen LogP contribution in [0, 0.1) is 33.6 Å². The number of sulfonamides is 1. The van der Waals surface area contributed by atoms with Crippen LogP contribution in [0.4, 0.5) is 0 Å². The van der Waals surface area contributed by atoms with Crippen LogP contribution in [-0.2, 0) is 26.2 Å². The molecule has 2 aromatic rings. The summed E-state index contributed by atoms with van der Waals surface area (Å²) in [5, 5.41) is 0. The van der Waals surface area contributed by atoms with Crippen LogP contribution in [0.15, 0.2) is 35.2 Å². The van der Waals surface area contributed by atoms with E-state index < -0.39 is 10.0 Å². The minimum Gasteiger partial charge on any atom is -0.497 e. The SMILES string of the molecule is COc1cccc(COC(=O)C2CCN(S(=O)(=O)c3c(C)c(C)cc(C)c3C)CC2)c1. The second-order valence-electron chi connectivity index (χ2n) is 8.23. The zero-order valence-corrected chi connectivity index (χ0v) is 19.7. The van der Waals surface area contributed by atoms with Crippen molar-refractivity contribution in [3.63, 3.8) is 0 Å². The number of hydrogen-bond donors (Lipinski definition) is 0. The molecular formula is C24H31NO5S. The second kappa shape index (κ2) is 9.40. The lowest BCUT2D eigenvalue weighted by atomic mass is 9.98. The molecule has 31 heavy (non-hydrogen) atoms. The number of nitrogens with zero attached hydrogens (tertiary/aromatic N) is 1. The van der Waals surface area contributed by atoms with Gasteiger partial charge in [-0.1, -0.05) is 18.2 Å². The van der Waals surface area contributed by atoms with Gasteiger partial charge in [0.2, 0.25) is 10.0 Å². The summed E-state index contributed by atoms with van der Waals surface area (Å²) >= 11 is 0. The Morgan fingerprint density at radius 2 is 1.65 bits per heavy atom. The summed E-state index contributed by atoms with van der Waals surface area (Å²) < 4.78 is 38.9. The first kappa shape index (κ1) is 23.3. The number of carbonyl (C=O) groups is 1. The van der Waals surface area contributed by atoms with Crippen molar-refractivity contribution in [3.05, 3.63) is 58.1 Å². The van der Waals surface area contributed by atoms with E-state index in [1.807, 2.05) is 58.0 Å². The Bertz CT molecular complexity index is 1040. The third kappa shape index (κ3) is 4.93. The Morgan fingerprint density at radius 3 is 2.23 bits per heavy atom. The van der Waals surface area contributed by atoms with Crippen molar-refractivity contribution in [2.24, 2.45) is 5.92 Å². The highest BCUT2D eigenvalue weighted by Gasteiger charge is 2.34. The number of rotatable bonds is 6. The van der Waals surface area contributed by atoms with Gasteiger partial charge in [0.1, 0.15) is 12.4 Å². The summed E-state index contributed by atoms with van der Waals surface area (Å²) in [5.74, 6) is 0.140. The molecule has 2 aromatic carbocycles. The van der Waals surface area contributed by atoms with Crippen molar-refractivity contribution >= 4 is 16.0 Å². The Hall–Kier alpha value is -2.38. The largest absolute Gasteiger partial charge is 0.497 e. The van der Waals surface area contributed by atoms with Gasteiger partial charge < -0.3 is 9.47 Å². The molecule has 1 saturated heterocycles. The first-order valence-corrected chi connectivity index (χ1v) is 12.0. The van der Waals surface area contributed by atoms with Gasteiger partial charge in [-0.3, -0.25) is 4.79 Å². The molecule has 0 amide bonds. The summed E-state index contributed by atoms with van der Waals surface area (Å²) in [7, 11) is -2.02. The Balaban J connectivity index is 1.64. The zero-order chi connectivity index (χ0) is 22.8. The van der Waals surface area contributed by atoms with Crippen molar-refractivity contribution in [1.29, 1.82) is 0 Å². The van der Waals surface area contributed by atoms with Crippen LogP contribution in [0.2, 0.25) is 0 Å². The molecule has 1 fully saturated rings. The Labute approximate surface area is 185 Å². The van der Waals surface area contributed by atoms with Gasteiger partial charge in [0.25, 0.3) is 0 Å². The minimum atomic E-state index is -3.61. The van der Waals surface area contributed by atoms with Gasteiger partial charge in [-0.2, -0.15) is 4.31 Å². The standard InChI is InChI=1S/C24H31NO5S/c1-16-13-17(2)19(4)23(18(16)3)31(27,28)25-11-9-21(10-12-25)24(26)30-15-20-7-6-8-22(14-20)29-5/h6-8,13-14,21H,9-12,15H2,1-5H3. The maximum Gasteiger partial charge on any atom is 0.309 e. The summed E-state index contributed by atoms with van der Waals surface area (Å²) in [6, 6.07) is 9.41. The molecule has 6 nitrogen and oxygen atoms in total. The van der Waals surface area contributed by atoms with Gasteiger partial charge in [0.15, 0.2) is 0 Å². The van der Waals surface area contributed by atoms with E-state index in [2.05, 4.69) is 0 Å². The molecule has 0 radical (unpaired) electrons. The molecule has 0 N–H and O–H groups in total. The van der Waals surface area contributed by atoms with E-state index in [4.69, 9.17) is 9.47 Å².